The van der Waals surface area contributed by atoms with Crippen LogP contribution in [-0.4, -0.2) is 33.0 Å². The van der Waals surface area contributed by atoms with Crippen molar-refractivity contribution in [1.82, 2.24) is 19.9 Å². The van der Waals surface area contributed by atoms with Crippen molar-refractivity contribution >= 4 is 28.6 Å². The lowest BCUT2D eigenvalue weighted by Gasteiger charge is -2.27. The average Bonchev–Trinajstić information content (AvgIpc) is 2.73. The predicted molar refractivity (Wildman–Crippen MR) is 74.0 cm³/mol. The topological polar surface area (TPSA) is 57.7 Å². The summed E-state index contributed by atoms with van der Waals surface area (Å²) in [6, 6.07) is 0.377. The van der Waals surface area contributed by atoms with E-state index >= 15 is 0 Å². The van der Waals surface area contributed by atoms with E-state index in [4.69, 9.17) is 11.6 Å². The van der Waals surface area contributed by atoms with Crippen molar-refractivity contribution < 1.29 is 0 Å². The number of anilines is 1. The summed E-state index contributed by atoms with van der Waals surface area (Å²) in [5.74, 6) is 1.44. The van der Waals surface area contributed by atoms with Crippen molar-refractivity contribution in [3.05, 3.63) is 11.6 Å². The van der Waals surface area contributed by atoms with E-state index in [2.05, 4.69) is 45.6 Å². The van der Waals surface area contributed by atoms with Gasteiger partial charge in [-0.15, -0.1) is 0 Å². The molecule has 1 N–H and O–H groups in total. The molecular formula is C12H18ClN5. The maximum atomic E-state index is 5.93. The van der Waals surface area contributed by atoms with E-state index < -0.39 is 0 Å². The van der Waals surface area contributed by atoms with Crippen molar-refractivity contribution in [3.8, 4) is 0 Å². The number of hydrogen-bond acceptors (Lipinski definition) is 4. The highest BCUT2D eigenvalue weighted by atomic mass is 35.5. The highest BCUT2D eigenvalue weighted by molar-refractivity contribution is 6.28. The van der Waals surface area contributed by atoms with E-state index in [9.17, 15) is 0 Å². The molecule has 0 bridgehead atoms. The van der Waals surface area contributed by atoms with Gasteiger partial charge in [0.25, 0.3) is 0 Å². The molecule has 0 amide bonds. The number of fused-ring (bicyclic) bond motifs is 1. The minimum atomic E-state index is 0.230. The van der Waals surface area contributed by atoms with Crippen LogP contribution in [0.3, 0.4) is 0 Å². The lowest BCUT2D eigenvalue weighted by molar-refractivity contribution is 0.502. The standard InChI is InChI=1S/C12H18ClN5/c1-7(2)5-8(3)18(4)11-9-10(15-6-14-9)16-12(13)17-11/h6-8H,5H2,1-4H3,(H,14,15,16,17). The Morgan fingerprint density at radius 2 is 2.06 bits per heavy atom. The molecule has 2 aromatic heterocycles. The minimum Gasteiger partial charge on any atom is -0.355 e. The Kier molecular flexibility index (Phi) is 3.71. The highest BCUT2D eigenvalue weighted by Gasteiger charge is 2.18. The number of rotatable bonds is 4. The summed E-state index contributed by atoms with van der Waals surface area (Å²) in [6.45, 7) is 6.60. The molecule has 0 aliphatic heterocycles. The van der Waals surface area contributed by atoms with E-state index in [-0.39, 0.29) is 5.28 Å². The van der Waals surface area contributed by atoms with Crippen LogP contribution >= 0.6 is 11.6 Å². The molecular weight excluding hydrogens is 250 g/mol. The fraction of sp³-hybridized carbons (Fsp3) is 0.583. The Hall–Kier alpha value is -1.36. The molecule has 0 aliphatic carbocycles. The van der Waals surface area contributed by atoms with Gasteiger partial charge in [-0.3, -0.25) is 0 Å². The predicted octanol–water partition coefficient (Wildman–Crippen LogP) is 2.88. The first-order valence-corrected chi connectivity index (χ1v) is 6.46. The molecule has 1 unspecified atom stereocenters. The fourth-order valence-electron chi connectivity index (χ4n) is 2.10. The molecule has 0 radical (unpaired) electrons. The van der Waals surface area contributed by atoms with Gasteiger partial charge in [0.2, 0.25) is 5.28 Å². The summed E-state index contributed by atoms with van der Waals surface area (Å²) in [5.41, 5.74) is 1.44. The molecule has 0 fully saturated rings. The minimum absolute atomic E-state index is 0.230. The first-order chi connectivity index (χ1) is 8.49. The molecule has 98 valence electrons. The van der Waals surface area contributed by atoms with Gasteiger partial charge in [0, 0.05) is 13.1 Å². The van der Waals surface area contributed by atoms with Gasteiger partial charge in [-0.2, -0.15) is 9.97 Å². The first-order valence-electron chi connectivity index (χ1n) is 6.08. The number of aromatic nitrogens is 4. The van der Waals surface area contributed by atoms with Gasteiger partial charge >= 0.3 is 0 Å². The van der Waals surface area contributed by atoms with Crippen LogP contribution in [0.1, 0.15) is 27.2 Å². The summed E-state index contributed by atoms with van der Waals surface area (Å²) in [7, 11) is 2.02. The number of halogens is 1. The second kappa shape index (κ2) is 5.10. The Bertz CT molecular complexity index is 536. The van der Waals surface area contributed by atoms with E-state index in [1.807, 2.05) is 7.05 Å². The van der Waals surface area contributed by atoms with Crippen LogP contribution in [0.4, 0.5) is 5.82 Å². The van der Waals surface area contributed by atoms with E-state index in [1.165, 1.54) is 0 Å². The highest BCUT2D eigenvalue weighted by Crippen LogP contribution is 2.24. The van der Waals surface area contributed by atoms with Gasteiger partial charge in [0.15, 0.2) is 11.5 Å². The summed E-state index contributed by atoms with van der Waals surface area (Å²) in [4.78, 5) is 17.7. The van der Waals surface area contributed by atoms with Gasteiger partial charge in [-0.1, -0.05) is 13.8 Å². The van der Waals surface area contributed by atoms with Crippen LogP contribution in [0, 0.1) is 5.92 Å². The molecule has 0 aromatic carbocycles. The number of nitrogens with zero attached hydrogens (tertiary/aromatic N) is 4. The quantitative estimate of drug-likeness (QED) is 0.866. The van der Waals surface area contributed by atoms with Crippen molar-refractivity contribution in [2.24, 2.45) is 5.92 Å². The number of aromatic amines is 1. The Morgan fingerprint density at radius 3 is 2.72 bits per heavy atom. The van der Waals surface area contributed by atoms with Crippen molar-refractivity contribution in [1.29, 1.82) is 0 Å². The van der Waals surface area contributed by atoms with E-state index in [0.717, 1.165) is 17.8 Å². The van der Waals surface area contributed by atoms with Crippen LogP contribution in [0.5, 0.6) is 0 Å². The monoisotopic (exact) mass is 267 g/mol. The SMILES string of the molecule is CC(C)CC(C)N(C)c1nc(Cl)nc2nc[nH]c12. The van der Waals surface area contributed by atoms with Gasteiger partial charge in [-0.05, 0) is 30.9 Å². The lowest BCUT2D eigenvalue weighted by Crippen LogP contribution is -2.31. The number of H-pyrrole nitrogens is 1. The summed E-state index contributed by atoms with van der Waals surface area (Å²) in [5, 5.41) is 0.230. The molecule has 2 heterocycles. The summed E-state index contributed by atoms with van der Waals surface area (Å²) >= 11 is 5.93. The Balaban J connectivity index is 2.37. The zero-order valence-corrected chi connectivity index (χ0v) is 11.9. The van der Waals surface area contributed by atoms with Crippen LogP contribution < -0.4 is 4.90 Å². The molecule has 2 rings (SSSR count). The zero-order chi connectivity index (χ0) is 13.3. The third-order valence-electron chi connectivity index (χ3n) is 3.05. The Morgan fingerprint density at radius 1 is 1.33 bits per heavy atom. The maximum absolute atomic E-state index is 5.93. The average molecular weight is 268 g/mol. The maximum Gasteiger partial charge on any atom is 0.226 e. The first kappa shape index (κ1) is 13.1. The largest absolute Gasteiger partial charge is 0.355 e. The third kappa shape index (κ3) is 2.56. The van der Waals surface area contributed by atoms with Gasteiger partial charge < -0.3 is 9.88 Å². The van der Waals surface area contributed by atoms with Gasteiger partial charge in [-0.25, -0.2) is 4.98 Å². The van der Waals surface area contributed by atoms with E-state index in [0.29, 0.717) is 17.6 Å². The van der Waals surface area contributed by atoms with Gasteiger partial charge in [0.05, 0.1) is 6.33 Å². The number of imidazole rings is 1. The summed E-state index contributed by atoms with van der Waals surface area (Å²) < 4.78 is 0. The second-order valence-electron chi connectivity index (χ2n) is 5.01. The molecule has 2 aromatic rings. The smallest absolute Gasteiger partial charge is 0.226 e. The zero-order valence-electron chi connectivity index (χ0n) is 11.1. The van der Waals surface area contributed by atoms with Crippen LogP contribution in [-0.2, 0) is 0 Å². The van der Waals surface area contributed by atoms with Crippen molar-refractivity contribution in [2.75, 3.05) is 11.9 Å². The lowest BCUT2D eigenvalue weighted by atomic mass is 10.0. The molecule has 0 spiro atoms. The number of nitrogens with one attached hydrogen (secondary N) is 1. The number of hydrogen-bond donors (Lipinski definition) is 1. The second-order valence-corrected chi connectivity index (χ2v) is 5.34. The summed E-state index contributed by atoms with van der Waals surface area (Å²) in [6.07, 6.45) is 2.70. The Labute approximate surface area is 112 Å². The van der Waals surface area contributed by atoms with Crippen LogP contribution in [0.15, 0.2) is 6.33 Å². The molecule has 1 atom stereocenters. The normalized spacial score (nSPS) is 13.2. The van der Waals surface area contributed by atoms with Gasteiger partial charge in [0.1, 0.15) is 5.52 Å². The van der Waals surface area contributed by atoms with Crippen molar-refractivity contribution in [2.45, 2.75) is 33.2 Å². The fourth-order valence-corrected chi connectivity index (χ4v) is 2.26. The van der Waals surface area contributed by atoms with Crippen LogP contribution in [0.25, 0.3) is 11.2 Å². The van der Waals surface area contributed by atoms with E-state index in [1.54, 1.807) is 6.33 Å². The molecule has 5 nitrogen and oxygen atoms in total. The van der Waals surface area contributed by atoms with Crippen molar-refractivity contribution in [3.63, 3.8) is 0 Å². The molecule has 18 heavy (non-hydrogen) atoms. The molecule has 6 heteroatoms. The third-order valence-corrected chi connectivity index (χ3v) is 3.22. The molecule has 0 aliphatic rings. The molecule has 0 saturated carbocycles. The van der Waals surface area contributed by atoms with Crippen LogP contribution in [0.2, 0.25) is 5.28 Å². The molecule has 0 saturated heterocycles.